The minimum atomic E-state index is -3.62. The third-order valence-electron chi connectivity index (χ3n) is 6.61. The molecule has 37 heavy (non-hydrogen) atoms. The molecule has 1 fully saturated rings. The highest BCUT2D eigenvalue weighted by Gasteiger charge is 2.50. The molecule has 2 heterocycles. The number of hydrogen-bond acceptors (Lipinski definition) is 3. The van der Waals surface area contributed by atoms with Gasteiger partial charge in [-0.05, 0) is 54.1 Å². The van der Waals surface area contributed by atoms with Crippen LogP contribution in [0.15, 0.2) is 72.9 Å². The summed E-state index contributed by atoms with van der Waals surface area (Å²) >= 11 is 6.48. The third-order valence-corrected chi connectivity index (χ3v) is 6.95. The van der Waals surface area contributed by atoms with Crippen molar-refractivity contribution in [1.82, 2.24) is 15.1 Å². The van der Waals surface area contributed by atoms with Crippen LogP contribution in [0.2, 0.25) is 5.02 Å². The zero-order valence-electron chi connectivity index (χ0n) is 19.8. The van der Waals surface area contributed by atoms with Crippen LogP contribution in [0.4, 0.5) is 18.9 Å². The lowest BCUT2D eigenvalue weighted by atomic mass is 9.94. The van der Waals surface area contributed by atoms with Gasteiger partial charge in [-0.3, -0.25) is 9.59 Å². The molecule has 4 aromatic rings. The van der Waals surface area contributed by atoms with Gasteiger partial charge in [-0.15, -0.1) is 0 Å². The molecule has 0 bridgehead atoms. The average molecular weight is 527 g/mol. The summed E-state index contributed by atoms with van der Waals surface area (Å²) < 4.78 is 42.6. The third kappa shape index (κ3) is 4.44. The van der Waals surface area contributed by atoms with Crippen LogP contribution in [0.1, 0.15) is 25.5 Å². The lowest BCUT2D eigenvalue weighted by molar-refractivity contribution is -0.144. The lowest BCUT2D eigenvalue weighted by Crippen LogP contribution is -2.48. The zero-order valence-corrected chi connectivity index (χ0v) is 20.6. The highest BCUT2D eigenvalue weighted by atomic mass is 35.5. The van der Waals surface area contributed by atoms with Crippen molar-refractivity contribution in [3.63, 3.8) is 0 Å². The fourth-order valence-electron chi connectivity index (χ4n) is 4.72. The Morgan fingerprint density at radius 2 is 1.73 bits per heavy atom. The summed E-state index contributed by atoms with van der Waals surface area (Å²) in [6.45, 7) is 2.11. The maximum absolute atomic E-state index is 13.8. The van der Waals surface area contributed by atoms with Crippen LogP contribution in [0, 0.1) is 11.7 Å². The van der Waals surface area contributed by atoms with Crippen molar-refractivity contribution in [2.75, 3.05) is 4.90 Å². The Balaban J connectivity index is 1.59. The van der Waals surface area contributed by atoms with Gasteiger partial charge in [0, 0.05) is 23.0 Å². The van der Waals surface area contributed by atoms with E-state index in [4.69, 9.17) is 11.6 Å². The average Bonchev–Trinajstić information content (AvgIpc) is 3.38. The smallest absolute Gasteiger partial charge is 0.321 e. The summed E-state index contributed by atoms with van der Waals surface area (Å²) in [5.74, 6) is -6.59. The predicted molar refractivity (Wildman–Crippen MR) is 134 cm³/mol. The SMILES string of the molecule is C[C@@H]1C(=O)N(c2ccc3c(cnn3-c3ccc(F)cc3)c2)[C@H](c2ccccc2Cl)C1NC(=O)C(C)(F)F. The van der Waals surface area contributed by atoms with E-state index >= 15 is 0 Å². The molecule has 3 atom stereocenters. The Morgan fingerprint density at radius 3 is 2.41 bits per heavy atom. The van der Waals surface area contributed by atoms with Gasteiger partial charge in [0.05, 0.1) is 35.4 Å². The molecule has 1 N–H and O–H groups in total. The standard InChI is InChI=1S/C27H22ClF3N4O2/c1-15-23(33-26(37)27(2,30)31)24(20-5-3-4-6-21(20)28)34(25(15)36)19-11-12-22-16(13-19)14-32-35(22)18-9-7-17(29)8-10-18/h3-15,23-24H,1-2H3,(H,33,37)/t15-,23?,24+/m0/s1. The summed E-state index contributed by atoms with van der Waals surface area (Å²) in [5.41, 5.74) is 2.40. The van der Waals surface area contributed by atoms with Crippen molar-refractivity contribution in [2.45, 2.75) is 31.9 Å². The molecule has 190 valence electrons. The number of carbonyl (C=O) groups excluding carboxylic acids is 2. The summed E-state index contributed by atoms with van der Waals surface area (Å²) in [5, 5.41) is 7.83. The van der Waals surface area contributed by atoms with E-state index in [9.17, 15) is 22.8 Å². The highest BCUT2D eigenvalue weighted by molar-refractivity contribution is 6.31. The van der Waals surface area contributed by atoms with Crippen LogP contribution in [0.25, 0.3) is 16.6 Å². The molecular weight excluding hydrogens is 505 g/mol. The van der Waals surface area contributed by atoms with Crippen LogP contribution in [-0.2, 0) is 9.59 Å². The second-order valence-electron chi connectivity index (χ2n) is 9.13. The number of amides is 2. The summed E-state index contributed by atoms with van der Waals surface area (Å²) in [7, 11) is 0. The molecular formula is C27H22ClF3N4O2. The van der Waals surface area contributed by atoms with E-state index in [-0.39, 0.29) is 11.7 Å². The first-order valence-electron chi connectivity index (χ1n) is 11.6. The molecule has 0 aliphatic carbocycles. The van der Waals surface area contributed by atoms with E-state index in [1.165, 1.54) is 17.0 Å². The van der Waals surface area contributed by atoms with Crippen molar-refractivity contribution in [3.05, 3.63) is 89.3 Å². The van der Waals surface area contributed by atoms with Crippen LogP contribution in [0.5, 0.6) is 0 Å². The van der Waals surface area contributed by atoms with Gasteiger partial charge in [-0.2, -0.15) is 13.9 Å². The Hall–Kier alpha value is -3.85. The predicted octanol–water partition coefficient (Wildman–Crippen LogP) is 5.68. The van der Waals surface area contributed by atoms with Gasteiger partial charge in [-0.1, -0.05) is 36.7 Å². The summed E-state index contributed by atoms with van der Waals surface area (Å²) in [6, 6.07) is 16.2. The van der Waals surface area contributed by atoms with E-state index in [0.29, 0.717) is 34.3 Å². The highest BCUT2D eigenvalue weighted by Crippen LogP contribution is 2.43. The van der Waals surface area contributed by atoms with Crippen LogP contribution in [-0.4, -0.2) is 33.6 Å². The molecule has 5 rings (SSSR count). The summed E-state index contributed by atoms with van der Waals surface area (Å²) in [6.07, 6.45) is 1.62. The number of anilines is 1. The molecule has 1 aliphatic rings. The molecule has 2 amide bonds. The minimum absolute atomic E-state index is 0.340. The molecule has 1 saturated heterocycles. The fraction of sp³-hybridized carbons (Fsp3) is 0.222. The molecule has 1 aliphatic heterocycles. The van der Waals surface area contributed by atoms with Crippen LogP contribution >= 0.6 is 11.6 Å². The van der Waals surface area contributed by atoms with Crippen LogP contribution < -0.4 is 10.2 Å². The minimum Gasteiger partial charge on any atom is -0.345 e. The van der Waals surface area contributed by atoms with Gasteiger partial charge >= 0.3 is 5.92 Å². The molecule has 0 radical (unpaired) electrons. The van der Waals surface area contributed by atoms with E-state index in [0.717, 1.165) is 5.52 Å². The van der Waals surface area contributed by atoms with Crippen molar-refractivity contribution < 1.29 is 22.8 Å². The number of benzene rings is 3. The first-order chi connectivity index (χ1) is 17.6. The molecule has 0 spiro atoms. The van der Waals surface area contributed by atoms with Crippen molar-refractivity contribution >= 4 is 40.0 Å². The van der Waals surface area contributed by atoms with E-state index in [2.05, 4.69) is 10.4 Å². The van der Waals surface area contributed by atoms with Gasteiger partial charge in [0.2, 0.25) is 5.91 Å². The molecule has 1 aromatic heterocycles. The van der Waals surface area contributed by atoms with E-state index in [1.807, 2.05) is 0 Å². The number of alkyl halides is 2. The number of hydrogen-bond donors (Lipinski definition) is 1. The Morgan fingerprint density at radius 1 is 1.05 bits per heavy atom. The van der Waals surface area contributed by atoms with Gasteiger partial charge < -0.3 is 10.2 Å². The largest absolute Gasteiger partial charge is 0.345 e. The second-order valence-corrected chi connectivity index (χ2v) is 9.53. The molecule has 10 heteroatoms. The summed E-state index contributed by atoms with van der Waals surface area (Å²) in [4.78, 5) is 27.3. The number of nitrogens with zero attached hydrogens (tertiary/aromatic N) is 3. The molecule has 1 unspecified atom stereocenters. The molecule has 3 aromatic carbocycles. The molecule has 0 saturated carbocycles. The number of nitrogens with one attached hydrogen (secondary N) is 1. The first kappa shape index (κ1) is 24.8. The van der Waals surface area contributed by atoms with Gasteiger partial charge in [-0.25, -0.2) is 9.07 Å². The number of rotatable bonds is 5. The Kier molecular flexibility index (Phi) is 6.19. The molecule has 6 nitrogen and oxygen atoms in total. The van der Waals surface area contributed by atoms with Gasteiger partial charge in [0.25, 0.3) is 5.91 Å². The number of carbonyl (C=O) groups is 2. The maximum atomic E-state index is 13.8. The number of halogens is 4. The van der Waals surface area contributed by atoms with Crippen molar-refractivity contribution in [3.8, 4) is 5.69 Å². The zero-order chi connectivity index (χ0) is 26.5. The normalized spacial score (nSPS) is 20.0. The quantitative estimate of drug-likeness (QED) is 0.364. The topological polar surface area (TPSA) is 67.2 Å². The van der Waals surface area contributed by atoms with Gasteiger partial charge in [0.15, 0.2) is 0 Å². The van der Waals surface area contributed by atoms with Gasteiger partial charge in [0.1, 0.15) is 5.82 Å². The second kappa shape index (κ2) is 9.23. The van der Waals surface area contributed by atoms with Crippen molar-refractivity contribution in [1.29, 1.82) is 0 Å². The number of fused-ring (bicyclic) bond motifs is 1. The lowest BCUT2D eigenvalue weighted by Gasteiger charge is -2.30. The fourth-order valence-corrected chi connectivity index (χ4v) is 4.97. The number of aromatic nitrogens is 2. The monoisotopic (exact) mass is 526 g/mol. The maximum Gasteiger partial charge on any atom is 0.321 e. The van der Waals surface area contributed by atoms with E-state index < -0.39 is 29.8 Å². The van der Waals surface area contributed by atoms with Crippen molar-refractivity contribution in [2.24, 2.45) is 5.92 Å². The Labute approximate surface area is 215 Å². The van der Waals surface area contributed by atoms with E-state index in [1.54, 1.807) is 72.4 Å². The first-order valence-corrected chi connectivity index (χ1v) is 11.9. The Bertz CT molecular complexity index is 1500. The van der Waals surface area contributed by atoms with Crippen LogP contribution in [0.3, 0.4) is 0 Å².